The Morgan fingerprint density at radius 3 is 2.57 bits per heavy atom. The molecule has 1 aromatic heterocycles. The molecular weight excluding hydrogens is 371 g/mol. The molecule has 0 saturated carbocycles. The van der Waals surface area contributed by atoms with E-state index in [-0.39, 0.29) is 10.7 Å². The molecule has 0 aliphatic rings. The molecule has 1 aromatic carbocycles. The van der Waals surface area contributed by atoms with Gasteiger partial charge in [0, 0.05) is 7.05 Å². The zero-order valence-corrected chi connectivity index (χ0v) is 13.6. The van der Waals surface area contributed by atoms with Crippen LogP contribution in [0.1, 0.15) is 17.0 Å². The van der Waals surface area contributed by atoms with Crippen LogP contribution in [0.2, 0.25) is 5.02 Å². The quantitative estimate of drug-likeness (QED) is 0.828. The summed E-state index contributed by atoms with van der Waals surface area (Å²) in [7, 11) is 1.77. The van der Waals surface area contributed by atoms with Crippen molar-refractivity contribution >= 4 is 33.2 Å². The van der Waals surface area contributed by atoms with E-state index in [9.17, 15) is 13.2 Å². The largest absolute Gasteiger partial charge is 0.416 e. The number of rotatable bonds is 3. The second-order valence-corrected chi connectivity index (χ2v) is 5.72. The van der Waals surface area contributed by atoms with Gasteiger partial charge in [-0.3, -0.25) is 4.68 Å². The molecule has 8 heteroatoms. The van der Waals surface area contributed by atoms with Crippen molar-refractivity contribution in [2.45, 2.75) is 19.6 Å². The highest BCUT2D eigenvalue weighted by Gasteiger charge is 2.31. The van der Waals surface area contributed by atoms with Gasteiger partial charge in [0.1, 0.15) is 0 Å². The highest BCUT2D eigenvalue weighted by molar-refractivity contribution is 9.10. The Hall–Kier alpha value is -1.21. The Morgan fingerprint density at radius 1 is 1.38 bits per heavy atom. The van der Waals surface area contributed by atoms with E-state index in [0.29, 0.717) is 6.54 Å². The number of nitrogens with one attached hydrogen (secondary N) is 1. The number of aryl methyl sites for hydroxylation is 2. The van der Waals surface area contributed by atoms with Gasteiger partial charge in [-0.25, -0.2) is 0 Å². The Morgan fingerprint density at radius 2 is 2.05 bits per heavy atom. The monoisotopic (exact) mass is 381 g/mol. The summed E-state index contributed by atoms with van der Waals surface area (Å²) in [5, 5.41) is 7.37. The minimum Gasteiger partial charge on any atom is -0.378 e. The summed E-state index contributed by atoms with van der Waals surface area (Å²) in [5.74, 6) is 0. The van der Waals surface area contributed by atoms with Crippen LogP contribution in [0.5, 0.6) is 0 Å². The maximum atomic E-state index is 12.7. The van der Waals surface area contributed by atoms with Crippen LogP contribution >= 0.6 is 27.5 Å². The van der Waals surface area contributed by atoms with Gasteiger partial charge in [0.05, 0.1) is 38.7 Å². The lowest BCUT2D eigenvalue weighted by atomic mass is 10.2. The van der Waals surface area contributed by atoms with Gasteiger partial charge in [-0.2, -0.15) is 18.3 Å². The topological polar surface area (TPSA) is 29.9 Å². The molecule has 0 spiro atoms. The fraction of sp³-hybridized carbons (Fsp3) is 0.308. The number of nitrogens with zero attached hydrogens (tertiary/aromatic N) is 2. The normalized spacial score (nSPS) is 11.8. The minimum atomic E-state index is -4.40. The summed E-state index contributed by atoms with van der Waals surface area (Å²) in [5.41, 5.74) is 1.12. The van der Waals surface area contributed by atoms with Crippen LogP contribution in [0.3, 0.4) is 0 Å². The first kappa shape index (κ1) is 16.2. The molecule has 0 fully saturated rings. The molecule has 0 unspecified atom stereocenters. The zero-order valence-electron chi connectivity index (χ0n) is 11.2. The van der Waals surface area contributed by atoms with E-state index in [1.54, 1.807) is 11.7 Å². The van der Waals surface area contributed by atoms with Gasteiger partial charge in [0.25, 0.3) is 0 Å². The highest BCUT2D eigenvalue weighted by Crippen LogP contribution is 2.34. The predicted octanol–water partition coefficient (Wildman–Crippen LogP) is 4.78. The van der Waals surface area contributed by atoms with E-state index in [1.165, 1.54) is 6.07 Å². The first-order valence-electron chi connectivity index (χ1n) is 5.98. The summed E-state index contributed by atoms with van der Waals surface area (Å²) in [6, 6.07) is 3.19. The third-order valence-corrected chi connectivity index (χ3v) is 4.36. The Balaban J connectivity index is 2.24. The summed E-state index contributed by atoms with van der Waals surface area (Å²) < 4.78 is 40.6. The third kappa shape index (κ3) is 3.52. The van der Waals surface area contributed by atoms with Gasteiger partial charge in [0.2, 0.25) is 0 Å². The Labute approximate surface area is 133 Å². The standard InChI is InChI=1S/C13H12BrClF3N3/c1-7-12(14)11(21(2)20-7)6-19-10-5-8(13(16,17)18)3-4-9(10)15/h3-5,19H,6H2,1-2H3. The molecule has 1 heterocycles. The molecule has 0 radical (unpaired) electrons. The maximum absolute atomic E-state index is 12.7. The first-order chi connectivity index (χ1) is 9.70. The highest BCUT2D eigenvalue weighted by atomic mass is 79.9. The SMILES string of the molecule is Cc1nn(C)c(CNc2cc(C(F)(F)F)ccc2Cl)c1Br. The lowest BCUT2D eigenvalue weighted by Gasteiger charge is -2.12. The average molecular weight is 383 g/mol. The third-order valence-electron chi connectivity index (χ3n) is 3.00. The summed E-state index contributed by atoms with van der Waals surface area (Å²) in [4.78, 5) is 0. The van der Waals surface area contributed by atoms with Crippen molar-refractivity contribution in [3.05, 3.63) is 44.6 Å². The zero-order chi connectivity index (χ0) is 15.8. The predicted molar refractivity (Wildman–Crippen MR) is 79.4 cm³/mol. The molecule has 114 valence electrons. The van der Waals surface area contributed by atoms with Crippen LogP contribution in [-0.4, -0.2) is 9.78 Å². The maximum Gasteiger partial charge on any atom is 0.416 e. The van der Waals surface area contributed by atoms with E-state index in [0.717, 1.165) is 28.0 Å². The van der Waals surface area contributed by atoms with Crippen LogP contribution in [-0.2, 0) is 19.8 Å². The molecular formula is C13H12BrClF3N3. The lowest BCUT2D eigenvalue weighted by molar-refractivity contribution is -0.137. The van der Waals surface area contributed by atoms with Gasteiger partial charge >= 0.3 is 6.18 Å². The van der Waals surface area contributed by atoms with E-state index in [2.05, 4.69) is 26.3 Å². The lowest BCUT2D eigenvalue weighted by Crippen LogP contribution is -2.09. The molecule has 2 rings (SSSR count). The van der Waals surface area contributed by atoms with Crippen molar-refractivity contribution in [1.82, 2.24) is 9.78 Å². The van der Waals surface area contributed by atoms with Gasteiger partial charge in [-0.1, -0.05) is 11.6 Å². The molecule has 0 atom stereocenters. The molecule has 0 aliphatic carbocycles. The molecule has 3 nitrogen and oxygen atoms in total. The van der Waals surface area contributed by atoms with Gasteiger partial charge in [-0.15, -0.1) is 0 Å². The number of hydrogen-bond donors (Lipinski definition) is 1. The molecule has 21 heavy (non-hydrogen) atoms. The van der Waals surface area contributed by atoms with Crippen molar-refractivity contribution in [3.8, 4) is 0 Å². The number of halogens is 5. The van der Waals surface area contributed by atoms with E-state index < -0.39 is 11.7 Å². The fourth-order valence-electron chi connectivity index (χ4n) is 1.89. The molecule has 2 aromatic rings. The number of benzene rings is 1. The first-order valence-corrected chi connectivity index (χ1v) is 7.16. The van der Waals surface area contributed by atoms with Crippen molar-refractivity contribution < 1.29 is 13.2 Å². The van der Waals surface area contributed by atoms with Crippen LogP contribution in [0, 0.1) is 6.92 Å². The fourth-order valence-corrected chi connectivity index (χ4v) is 2.55. The van der Waals surface area contributed by atoms with Crippen molar-refractivity contribution in [3.63, 3.8) is 0 Å². The van der Waals surface area contributed by atoms with Crippen LogP contribution in [0.25, 0.3) is 0 Å². The van der Waals surface area contributed by atoms with Gasteiger partial charge < -0.3 is 5.32 Å². The Kier molecular flexibility index (Phi) is 4.53. The molecule has 0 amide bonds. The van der Waals surface area contributed by atoms with Crippen LogP contribution < -0.4 is 5.32 Å². The minimum absolute atomic E-state index is 0.234. The summed E-state index contributed by atoms with van der Waals surface area (Å²) in [6.07, 6.45) is -4.40. The van der Waals surface area contributed by atoms with E-state index >= 15 is 0 Å². The number of anilines is 1. The molecule has 1 N–H and O–H groups in total. The molecule has 0 aliphatic heterocycles. The van der Waals surface area contributed by atoms with E-state index in [1.807, 2.05) is 6.92 Å². The number of alkyl halides is 3. The van der Waals surface area contributed by atoms with Crippen molar-refractivity contribution in [1.29, 1.82) is 0 Å². The smallest absolute Gasteiger partial charge is 0.378 e. The molecule has 0 saturated heterocycles. The van der Waals surface area contributed by atoms with E-state index in [4.69, 9.17) is 11.6 Å². The second kappa shape index (κ2) is 5.88. The van der Waals surface area contributed by atoms with Crippen LogP contribution in [0.15, 0.2) is 22.7 Å². The second-order valence-electron chi connectivity index (χ2n) is 4.52. The van der Waals surface area contributed by atoms with Crippen molar-refractivity contribution in [2.24, 2.45) is 7.05 Å². The summed E-state index contributed by atoms with van der Waals surface area (Å²) in [6.45, 7) is 2.14. The summed E-state index contributed by atoms with van der Waals surface area (Å²) >= 11 is 9.34. The average Bonchev–Trinajstić information content (AvgIpc) is 2.62. The van der Waals surface area contributed by atoms with Crippen molar-refractivity contribution in [2.75, 3.05) is 5.32 Å². The number of aromatic nitrogens is 2. The number of hydrogen-bond acceptors (Lipinski definition) is 2. The van der Waals surface area contributed by atoms with Crippen LogP contribution in [0.4, 0.5) is 18.9 Å². The Bertz CT molecular complexity index is 667. The van der Waals surface area contributed by atoms with Gasteiger partial charge in [-0.05, 0) is 41.1 Å². The van der Waals surface area contributed by atoms with Gasteiger partial charge in [0.15, 0.2) is 0 Å². The molecule has 0 bridgehead atoms.